The Morgan fingerprint density at radius 1 is 1.22 bits per heavy atom. The molecule has 0 saturated heterocycles. The third-order valence-electron chi connectivity index (χ3n) is 4.42. The largest absolute Gasteiger partial charge is 0.397 e. The summed E-state index contributed by atoms with van der Waals surface area (Å²) >= 11 is 0. The van der Waals surface area contributed by atoms with Crippen molar-refractivity contribution in [1.29, 1.82) is 0 Å². The minimum atomic E-state index is 0.337. The Morgan fingerprint density at radius 3 is 2.33 bits per heavy atom. The number of likely N-dealkylation sites (N-methyl/N-ethyl adjacent to an activating group) is 2. The number of hydrogen-bond donors (Lipinski definition) is 1. The summed E-state index contributed by atoms with van der Waals surface area (Å²) in [6.07, 6.45) is 3.92. The zero-order chi connectivity index (χ0) is 13.3. The van der Waals surface area contributed by atoms with Gasteiger partial charge in [0.05, 0.1) is 11.4 Å². The molecule has 3 nitrogen and oxygen atoms in total. The van der Waals surface area contributed by atoms with Crippen LogP contribution in [0.25, 0.3) is 0 Å². The highest BCUT2D eigenvalue weighted by molar-refractivity contribution is 5.71. The van der Waals surface area contributed by atoms with Crippen molar-refractivity contribution in [3.63, 3.8) is 0 Å². The highest BCUT2D eigenvalue weighted by atomic mass is 15.2. The molecular weight excluding hydrogens is 222 g/mol. The standard InChI is InChI=1S/C15H25N3/c1-12-7-5-8-13(16)14(12)18(4)11-15(17(2)3)9-6-10-15/h5,7-8H,6,9-11,16H2,1-4H3. The van der Waals surface area contributed by atoms with Crippen LogP contribution in [-0.4, -0.2) is 38.1 Å². The van der Waals surface area contributed by atoms with Crippen molar-refractivity contribution in [2.75, 3.05) is 38.3 Å². The summed E-state index contributed by atoms with van der Waals surface area (Å²) in [5.74, 6) is 0. The van der Waals surface area contributed by atoms with Gasteiger partial charge in [-0.1, -0.05) is 12.1 Å². The summed E-state index contributed by atoms with van der Waals surface area (Å²) < 4.78 is 0. The fraction of sp³-hybridized carbons (Fsp3) is 0.600. The molecule has 0 aromatic heterocycles. The van der Waals surface area contributed by atoms with Gasteiger partial charge in [0.1, 0.15) is 0 Å². The van der Waals surface area contributed by atoms with Crippen LogP contribution in [0, 0.1) is 6.92 Å². The Balaban J connectivity index is 2.19. The third-order valence-corrected chi connectivity index (χ3v) is 4.42. The van der Waals surface area contributed by atoms with Gasteiger partial charge in [-0.2, -0.15) is 0 Å². The molecule has 18 heavy (non-hydrogen) atoms. The Bertz CT molecular complexity index is 401. The molecule has 0 aliphatic heterocycles. The van der Waals surface area contributed by atoms with Crippen molar-refractivity contribution in [2.45, 2.75) is 31.7 Å². The number of benzene rings is 1. The molecule has 1 aliphatic carbocycles. The molecule has 0 heterocycles. The number of aryl methyl sites for hydroxylation is 1. The smallest absolute Gasteiger partial charge is 0.0627 e. The van der Waals surface area contributed by atoms with Gasteiger partial charge in [-0.05, 0) is 51.9 Å². The lowest BCUT2D eigenvalue weighted by molar-refractivity contribution is 0.0683. The molecule has 0 radical (unpaired) electrons. The number of anilines is 2. The first kappa shape index (κ1) is 13.2. The van der Waals surface area contributed by atoms with Gasteiger partial charge < -0.3 is 15.5 Å². The van der Waals surface area contributed by atoms with E-state index in [9.17, 15) is 0 Å². The van der Waals surface area contributed by atoms with Gasteiger partial charge in [-0.3, -0.25) is 0 Å². The zero-order valence-corrected chi connectivity index (χ0v) is 12.0. The molecule has 0 bridgehead atoms. The molecule has 1 aliphatic rings. The molecular formula is C15H25N3. The molecule has 1 fully saturated rings. The molecule has 0 spiro atoms. The number of nitrogens with two attached hydrogens (primary N) is 1. The number of hydrogen-bond acceptors (Lipinski definition) is 3. The lowest BCUT2D eigenvalue weighted by Crippen LogP contribution is -2.56. The van der Waals surface area contributed by atoms with E-state index in [4.69, 9.17) is 5.73 Å². The predicted molar refractivity (Wildman–Crippen MR) is 79.1 cm³/mol. The van der Waals surface area contributed by atoms with E-state index in [1.165, 1.54) is 30.5 Å². The summed E-state index contributed by atoms with van der Waals surface area (Å²) in [5.41, 5.74) is 9.78. The van der Waals surface area contributed by atoms with Gasteiger partial charge in [0.15, 0.2) is 0 Å². The monoisotopic (exact) mass is 247 g/mol. The van der Waals surface area contributed by atoms with Crippen LogP contribution in [0.5, 0.6) is 0 Å². The normalized spacial score (nSPS) is 17.6. The molecule has 2 N–H and O–H groups in total. The Hall–Kier alpha value is -1.22. The zero-order valence-electron chi connectivity index (χ0n) is 12.0. The second-order valence-corrected chi connectivity index (χ2v) is 5.84. The van der Waals surface area contributed by atoms with Crippen LogP contribution in [-0.2, 0) is 0 Å². The van der Waals surface area contributed by atoms with Crippen molar-refractivity contribution in [2.24, 2.45) is 0 Å². The van der Waals surface area contributed by atoms with E-state index in [1.54, 1.807) is 0 Å². The van der Waals surface area contributed by atoms with Crippen LogP contribution in [0.15, 0.2) is 18.2 Å². The van der Waals surface area contributed by atoms with Crippen molar-refractivity contribution in [3.05, 3.63) is 23.8 Å². The van der Waals surface area contributed by atoms with E-state index in [-0.39, 0.29) is 0 Å². The molecule has 0 atom stereocenters. The highest BCUT2D eigenvalue weighted by Gasteiger charge is 2.40. The maximum Gasteiger partial charge on any atom is 0.0627 e. The van der Waals surface area contributed by atoms with Gasteiger partial charge in [0, 0.05) is 19.1 Å². The lowest BCUT2D eigenvalue weighted by atomic mass is 9.75. The first-order valence-electron chi connectivity index (χ1n) is 6.70. The van der Waals surface area contributed by atoms with E-state index < -0.39 is 0 Å². The first-order chi connectivity index (χ1) is 8.46. The Kier molecular flexibility index (Phi) is 3.53. The SMILES string of the molecule is Cc1cccc(N)c1N(C)CC1(N(C)C)CCC1. The molecule has 1 saturated carbocycles. The number of rotatable bonds is 4. The number of para-hydroxylation sites is 1. The Morgan fingerprint density at radius 2 is 1.89 bits per heavy atom. The van der Waals surface area contributed by atoms with Crippen LogP contribution in [0.4, 0.5) is 11.4 Å². The van der Waals surface area contributed by atoms with E-state index in [0.29, 0.717) is 5.54 Å². The summed E-state index contributed by atoms with van der Waals surface area (Å²) in [4.78, 5) is 4.70. The topological polar surface area (TPSA) is 32.5 Å². The van der Waals surface area contributed by atoms with Crippen LogP contribution in [0.2, 0.25) is 0 Å². The molecule has 100 valence electrons. The molecule has 0 amide bonds. The average molecular weight is 247 g/mol. The summed E-state index contributed by atoms with van der Waals surface area (Å²) in [6.45, 7) is 3.18. The van der Waals surface area contributed by atoms with Crippen LogP contribution in [0.1, 0.15) is 24.8 Å². The van der Waals surface area contributed by atoms with Crippen molar-refractivity contribution < 1.29 is 0 Å². The summed E-state index contributed by atoms with van der Waals surface area (Å²) in [7, 11) is 6.53. The van der Waals surface area contributed by atoms with Gasteiger partial charge in [-0.25, -0.2) is 0 Å². The maximum absolute atomic E-state index is 6.12. The van der Waals surface area contributed by atoms with E-state index >= 15 is 0 Å². The molecule has 1 aromatic carbocycles. The minimum Gasteiger partial charge on any atom is -0.397 e. The minimum absolute atomic E-state index is 0.337. The lowest BCUT2D eigenvalue weighted by Gasteiger charge is -2.49. The molecule has 0 unspecified atom stereocenters. The van der Waals surface area contributed by atoms with Crippen LogP contribution in [0.3, 0.4) is 0 Å². The van der Waals surface area contributed by atoms with Crippen LogP contribution < -0.4 is 10.6 Å². The van der Waals surface area contributed by atoms with E-state index in [2.05, 4.69) is 43.9 Å². The molecule has 3 heteroatoms. The maximum atomic E-state index is 6.12. The van der Waals surface area contributed by atoms with Crippen molar-refractivity contribution in [1.82, 2.24) is 4.90 Å². The van der Waals surface area contributed by atoms with E-state index in [0.717, 1.165) is 12.2 Å². The highest BCUT2D eigenvalue weighted by Crippen LogP contribution is 2.38. The van der Waals surface area contributed by atoms with E-state index in [1.807, 2.05) is 12.1 Å². The summed E-state index contributed by atoms with van der Waals surface area (Å²) in [6, 6.07) is 6.14. The summed E-state index contributed by atoms with van der Waals surface area (Å²) in [5, 5.41) is 0. The second-order valence-electron chi connectivity index (χ2n) is 5.84. The third kappa shape index (κ3) is 2.19. The Labute approximate surface area is 111 Å². The van der Waals surface area contributed by atoms with Crippen molar-refractivity contribution in [3.8, 4) is 0 Å². The van der Waals surface area contributed by atoms with Gasteiger partial charge in [-0.15, -0.1) is 0 Å². The van der Waals surface area contributed by atoms with Crippen LogP contribution >= 0.6 is 0 Å². The second kappa shape index (κ2) is 4.81. The predicted octanol–water partition coefficient (Wildman–Crippen LogP) is 2.50. The van der Waals surface area contributed by atoms with Gasteiger partial charge >= 0.3 is 0 Å². The molecule has 1 aromatic rings. The number of nitrogens with zero attached hydrogens (tertiary/aromatic N) is 2. The fourth-order valence-electron chi connectivity index (χ4n) is 3.06. The quantitative estimate of drug-likeness (QED) is 0.830. The first-order valence-corrected chi connectivity index (χ1v) is 6.70. The van der Waals surface area contributed by atoms with Gasteiger partial charge in [0.2, 0.25) is 0 Å². The molecule has 2 rings (SSSR count). The average Bonchev–Trinajstić information content (AvgIpc) is 2.22. The number of nitrogen functional groups attached to an aromatic ring is 1. The fourth-order valence-corrected chi connectivity index (χ4v) is 3.06. The van der Waals surface area contributed by atoms with Crippen molar-refractivity contribution >= 4 is 11.4 Å². The van der Waals surface area contributed by atoms with Gasteiger partial charge in [0.25, 0.3) is 0 Å².